The molecular weight excluding hydrogens is 360 g/mol. The molecule has 0 aliphatic carbocycles. The lowest BCUT2D eigenvalue weighted by Crippen LogP contribution is -2.13. The number of sulfonamides is 1. The molecule has 0 atom stereocenters. The number of anilines is 3. The average molecular weight is 374 g/mol. The molecule has 1 aliphatic rings. The van der Waals surface area contributed by atoms with Crippen molar-refractivity contribution in [2.45, 2.75) is 11.8 Å². The number of nitrogens with one attached hydrogen (secondary N) is 2. The first kappa shape index (κ1) is 16.2. The molecule has 0 bridgehead atoms. The van der Waals surface area contributed by atoms with Crippen LogP contribution in [0.1, 0.15) is 5.76 Å². The molecule has 2 aromatic heterocycles. The van der Waals surface area contributed by atoms with Crippen molar-refractivity contribution in [2.75, 3.05) is 16.8 Å². The fraction of sp³-hybridized carbons (Fsp3) is 0.125. The zero-order chi connectivity index (χ0) is 18.1. The fourth-order valence-corrected chi connectivity index (χ4v) is 3.40. The highest BCUT2D eigenvalue weighted by Gasteiger charge is 2.20. The van der Waals surface area contributed by atoms with Crippen molar-refractivity contribution < 1.29 is 22.4 Å². The first-order valence-corrected chi connectivity index (χ1v) is 9.07. The molecule has 1 aliphatic heterocycles. The number of pyridine rings is 1. The van der Waals surface area contributed by atoms with E-state index in [2.05, 4.69) is 20.2 Å². The van der Waals surface area contributed by atoms with Gasteiger partial charge in [-0.25, -0.2) is 13.4 Å². The normalized spacial score (nSPS) is 12.8. The number of benzene rings is 1. The van der Waals surface area contributed by atoms with Crippen molar-refractivity contribution in [3.05, 3.63) is 48.4 Å². The predicted molar refractivity (Wildman–Crippen MR) is 92.1 cm³/mol. The maximum atomic E-state index is 12.5. The second-order valence-electron chi connectivity index (χ2n) is 5.50. The third-order valence-electron chi connectivity index (χ3n) is 3.55. The van der Waals surface area contributed by atoms with Crippen molar-refractivity contribution in [1.29, 1.82) is 0 Å². The largest absolute Gasteiger partial charge is 0.454 e. The molecule has 10 heteroatoms. The van der Waals surface area contributed by atoms with E-state index in [9.17, 15) is 8.42 Å². The third-order valence-corrected chi connectivity index (χ3v) is 4.93. The van der Waals surface area contributed by atoms with E-state index in [1.54, 1.807) is 31.2 Å². The van der Waals surface area contributed by atoms with Gasteiger partial charge < -0.3 is 19.3 Å². The van der Waals surface area contributed by atoms with Gasteiger partial charge in [-0.2, -0.15) is 0 Å². The molecule has 0 saturated carbocycles. The monoisotopic (exact) mass is 374 g/mol. The maximum absolute atomic E-state index is 12.5. The molecular formula is C16H14N4O5S. The lowest BCUT2D eigenvalue weighted by molar-refractivity contribution is 0.174. The topological polar surface area (TPSA) is 116 Å². The summed E-state index contributed by atoms with van der Waals surface area (Å²) in [7, 11) is -3.78. The molecule has 0 radical (unpaired) electrons. The highest BCUT2D eigenvalue weighted by Crippen LogP contribution is 2.34. The molecule has 134 valence electrons. The predicted octanol–water partition coefficient (Wildman–Crippen LogP) is 2.65. The summed E-state index contributed by atoms with van der Waals surface area (Å²) in [6, 6.07) is 9.36. The van der Waals surface area contributed by atoms with Gasteiger partial charge in [0.05, 0.1) is 16.8 Å². The van der Waals surface area contributed by atoms with Crippen LogP contribution in [0.25, 0.3) is 0 Å². The molecule has 2 N–H and O–H groups in total. The van der Waals surface area contributed by atoms with E-state index in [1.165, 1.54) is 18.3 Å². The molecule has 0 amide bonds. The zero-order valence-corrected chi connectivity index (χ0v) is 14.4. The summed E-state index contributed by atoms with van der Waals surface area (Å²) >= 11 is 0. The van der Waals surface area contributed by atoms with Crippen LogP contribution in [0.2, 0.25) is 0 Å². The van der Waals surface area contributed by atoms with Crippen LogP contribution >= 0.6 is 0 Å². The summed E-state index contributed by atoms with van der Waals surface area (Å²) in [5.74, 6) is 2.60. The summed E-state index contributed by atoms with van der Waals surface area (Å²) in [5.41, 5.74) is 0.324. The van der Waals surface area contributed by atoms with Crippen molar-refractivity contribution >= 4 is 27.3 Å². The van der Waals surface area contributed by atoms with Crippen molar-refractivity contribution in [3.63, 3.8) is 0 Å². The first-order chi connectivity index (χ1) is 12.5. The van der Waals surface area contributed by atoms with Gasteiger partial charge in [0.15, 0.2) is 17.3 Å². The minimum atomic E-state index is -3.78. The van der Waals surface area contributed by atoms with E-state index in [0.29, 0.717) is 34.6 Å². The van der Waals surface area contributed by atoms with Gasteiger partial charge in [-0.1, -0.05) is 5.16 Å². The number of ether oxygens (including phenoxy) is 2. The molecule has 26 heavy (non-hydrogen) atoms. The highest BCUT2D eigenvalue weighted by molar-refractivity contribution is 7.92. The number of aromatic nitrogens is 2. The number of aryl methyl sites for hydroxylation is 1. The Bertz CT molecular complexity index is 1050. The van der Waals surface area contributed by atoms with Crippen LogP contribution < -0.4 is 19.5 Å². The minimum absolute atomic E-state index is 0.0713. The molecule has 0 unspecified atom stereocenters. The second-order valence-corrected chi connectivity index (χ2v) is 7.18. The van der Waals surface area contributed by atoms with E-state index >= 15 is 0 Å². The highest BCUT2D eigenvalue weighted by atomic mass is 32.2. The maximum Gasteiger partial charge on any atom is 0.262 e. The van der Waals surface area contributed by atoms with Crippen LogP contribution in [0.3, 0.4) is 0 Å². The van der Waals surface area contributed by atoms with Gasteiger partial charge in [-0.3, -0.25) is 4.72 Å². The van der Waals surface area contributed by atoms with Crippen molar-refractivity contribution in [1.82, 2.24) is 10.1 Å². The van der Waals surface area contributed by atoms with Gasteiger partial charge in [0.2, 0.25) is 6.79 Å². The Hall–Kier alpha value is -3.27. The summed E-state index contributed by atoms with van der Waals surface area (Å²) in [6.07, 6.45) is 1.40. The smallest absolute Gasteiger partial charge is 0.262 e. The van der Waals surface area contributed by atoms with E-state index in [-0.39, 0.29) is 11.7 Å². The van der Waals surface area contributed by atoms with E-state index in [0.717, 1.165) is 0 Å². The van der Waals surface area contributed by atoms with Gasteiger partial charge in [0.1, 0.15) is 11.6 Å². The standard InChI is InChI=1S/C16H14N4O5S/c1-10-6-16(19-25-10)18-15-5-2-11(8-17-15)20-26(21,22)12-3-4-13-14(7-12)24-9-23-13/h2-8,20H,9H2,1H3,(H,17,18,19). The Kier molecular flexibility index (Phi) is 3.88. The number of fused-ring (bicyclic) bond motifs is 1. The van der Waals surface area contributed by atoms with Crippen LogP contribution in [0.15, 0.2) is 52.0 Å². The molecule has 4 rings (SSSR count). The van der Waals surface area contributed by atoms with Crippen LogP contribution in [-0.2, 0) is 10.0 Å². The molecule has 0 fully saturated rings. The quantitative estimate of drug-likeness (QED) is 0.700. The van der Waals surface area contributed by atoms with Crippen LogP contribution in [0, 0.1) is 6.92 Å². The van der Waals surface area contributed by atoms with Crippen LogP contribution in [0.4, 0.5) is 17.3 Å². The number of hydrogen-bond donors (Lipinski definition) is 2. The number of rotatable bonds is 5. The Morgan fingerprint density at radius 2 is 1.88 bits per heavy atom. The van der Waals surface area contributed by atoms with E-state index in [4.69, 9.17) is 14.0 Å². The summed E-state index contributed by atoms with van der Waals surface area (Å²) < 4.78 is 42.8. The fourth-order valence-electron chi connectivity index (χ4n) is 2.34. The van der Waals surface area contributed by atoms with Crippen LogP contribution in [0.5, 0.6) is 11.5 Å². The third kappa shape index (κ3) is 3.26. The average Bonchev–Trinajstić information content (AvgIpc) is 3.24. The Labute approximate surface area is 149 Å². The SMILES string of the molecule is Cc1cc(Nc2ccc(NS(=O)(=O)c3ccc4c(c3)OCO4)cn2)no1. The van der Waals surface area contributed by atoms with Gasteiger partial charge >= 0.3 is 0 Å². The molecule has 3 aromatic rings. The van der Waals surface area contributed by atoms with Crippen molar-refractivity contribution in [2.24, 2.45) is 0 Å². The van der Waals surface area contributed by atoms with Gasteiger partial charge in [-0.15, -0.1) is 0 Å². The van der Waals surface area contributed by atoms with Gasteiger partial charge in [0, 0.05) is 12.1 Å². The summed E-state index contributed by atoms with van der Waals surface area (Å²) in [6.45, 7) is 1.86. The van der Waals surface area contributed by atoms with Gasteiger partial charge in [0.25, 0.3) is 10.0 Å². The molecule has 3 heterocycles. The van der Waals surface area contributed by atoms with E-state index < -0.39 is 10.0 Å². The number of hydrogen-bond acceptors (Lipinski definition) is 8. The molecule has 1 aromatic carbocycles. The summed E-state index contributed by atoms with van der Waals surface area (Å²) in [4.78, 5) is 4.23. The Balaban J connectivity index is 1.49. The first-order valence-electron chi connectivity index (χ1n) is 7.58. The molecule has 0 spiro atoms. The lowest BCUT2D eigenvalue weighted by Gasteiger charge is -2.09. The Morgan fingerprint density at radius 3 is 2.62 bits per heavy atom. The zero-order valence-electron chi connectivity index (χ0n) is 13.6. The number of nitrogens with zero attached hydrogens (tertiary/aromatic N) is 2. The Morgan fingerprint density at radius 1 is 1.04 bits per heavy atom. The molecule has 0 saturated heterocycles. The van der Waals surface area contributed by atoms with Gasteiger partial charge in [-0.05, 0) is 31.2 Å². The second kappa shape index (κ2) is 6.23. The van der Waals surface area contributed by atoms with Crippen molar-refractivity contribution in [3.8, 4) is 11.5 Å². The molecule has 9 nitrogen and oxygen atoms in total. The summed E-state index contributed by atoms with van der Waals surface area (Å²) in [5, 5.41) is 6.75. The lowest BCUT2D eigenvalue weighted by atomic mass is 10.3. The minimum Gasteiger partial charge on any atom is -0.454 e. The van der Waals surface area contributed by atoms with Crippen LogP contribution in [-0.4, -0.2) is 25.4 Å². The van der Waals surface area contributed by atoms with E-state index in [1.807, 2.05) is 0 Å².